The topological polar surface area (TPSA) is 134 Å². The second-order valence-corrected chi connectivity index (χ2v) is 11.0. The highest BCUT2D eigenvalue weighted by Crippen LogP contribution is 2.47. The van der Waals surface area contributed by atoms with Crippen LogP contribution in [0, 0.1) is 17.1 Å². The van der Waals surface area contributed by atoms with Crippen molar-refractivity contribution >= 4 is 45.6 Å². The van der Waals surface area contributed by atoms with Crippen molar-refractivity contribution in [3.8, 4) is 11.8 Å². The fourth-order valence-electron chi connectivity index (χ4n) is 4.64. The number of benzene rings is 2. The smallest absolute Gasteiger partial charge is 0.234 e. The van der Waals surface area contributed by atoms with Gasteiger partial charge in [-0.05, 0) is 54.8 Å². The van der Waals surface area contributed by atoms with Gasteiger partial charge in [0.05, 0.1) is 30.4 Å². The zero-order valence-corrected chi connectivity index (χ0v) is 22.4. The summed E-state index contributed by atoms with van der Waals surface area (Å²) in [4.78, 5) is 27.3. The van der Waals surface area contributed by atoms with Gasteiger partial charge in [-0.1, -0.05) is 35.2 Å². The number of Topliss-reactive ketones (excluding diaryl/α,β-unsaturated/α-hetero) is 1. The molecule has 0 saturated carbocycles. The maximum absolute atomic E-state index is 13.6. The van der Waals surface area contributed by atoms with Gasteiger partial charge in [-0.15, -0.1) is 10.2 Å². The van der Waals surface area contributed by atoms with Gasteiger partial charge in [0.15, 0.2) is 10.1 Å². The first-order valence-corrected chi connectivity index (χ1v) is 13.8. The average Bonchev–Trinajstić information content (AvgIpc) is 3.41. The minimum Gasteiger partial charge on any atom is -0.497 e. The molecular formula is C27H23FN6O3S2. The molecule has 0 fully saturated rings. The summed E-state index contributed by atoms with van der Waals surface area (Å²) >= 11 is 2.43. The lowest BCUT2D eigenvalue weighted by Crippen LogP contribution is -2.38. The van der Waals surface area contributed by atoms with E-state index in [1.807, 2.05) is 0 Å². The van der Waals surface area contributed by atoms with E-state index in [-0.39, 0.29) is 28.8 Å². The first-order valence-electron chi connectivity index (χ1n) is 12.0. The molecule has 2 heterocycles. The lowest BCUT2D eigenvalue weighted by atomic mass is 9.76. The molecule has 2 aliphatic rings. The van der Waals surface area contributed by atoms with Crippen molar-refractivity contribution < 1.29 is 18.7 Å². The number of allylic oxidation sites excluding steroid dienone is 3. The molecule has 39 heavy (non-hydrogen) atoms. The molecule has 198 valence electrons. The number of carbonyl (C=O) groups is 2. The van der Waals surface area contributed by atoms with Gasteiger partial charge in [-0.25, -0.2) is 4.39 Å². The monoisotopic (exact) mass is 562 g/mol. The Balaban J connectivity index is 1.39. The Morgan fingerprint density at radius 2 is 1.97 bits per heavy atom. The van der Waals surface area contributed by atoms with Crippen molar-refractivity contribution in [2.24, 2.45) is 5.73 Å². The van der Waals surface area contributed by atoms with Gasteiger partial charge in [-0.2, -0.15) is 5.26 Å². The van der Waals surface area contributed by atoms with E-state index < -0.39 is 11.7 Å². The van der Waals surface area contributed by atoms with Crippen LogP contribution in [0.15, 0.2) is 75.5 Å². The Morgan fingerprint density at radius 1 is 1.23 bits per heavy atom. The van der Waals surface area contributed by atoms with E-state index in [0.29, 0.717) is 57.0 Å². The first-order chi connectivity index (χ1) is 18.9. The number of anilines is 2. The number of nitriles is 1. The van der Waals surface area contributed by atoms with E-state index in [1.165, 1.54) is 35.2 Å². The van der Waals surface area contributed by atoms with E-state index in [1.54, 1.807) is 48.4 Å². The van der Waals surface area contributed by atoms with Crippen LogP contribution >= 0.6 is 23.1 Å². The fraction of sp³-hybridized carbons (Fsp3) is 0.222. The van der Waals surface area contributed by atoms with Gasteiger partial charge in [0.1, 0.15) is 17.4 Å². The molecule has 9 nitrogen and oxygen atoms in total. The van der Waals surface area contributed by atoms with Crippen LogP contribution in [0.4, 0.5) is 15.2 Å². The van der Waals surface area contributed by atoms with Crippen molar-refractivity contribution in [2.45, 2.75) is 29.5 Å². The fourth-order valence-corrected chi connectivity index (χ4v) is 6.32. The number of aromatic nitrogens is 2. The molecule has 3 aromatic rings. The van der Waals surface area contributed by atoms with Gasteiger partial charge >= 0.3 is 0 Å². The molecule has 3 N–H and O–H groups in total. The molecule has 0 saturated heterocycles. The Bertz CT molecular complexity index is 1530. The molecule has 0 bridgehead atoms. The van der Waals surface area contributed by atoms with Crippen LogP contribution in [0.25, 0.3) is 0 Å². The van der Waals surface area contributed by atoms with E-state index >= 15 is 0 Å². The summed E-state index contributed by atoms with van der Waals surface area (Å²) in [5.41, 5.74) is 9.14. The van der Waals surface area contributed by atoms with Crippen LogP contribution in [0.1, 0.15) is 30.7 Å². The average molecular weight is 563 g/mol. The second kappa shape index (κ2) is 11.3. The van der Waals surface area contributed by atoms with E-state index in [2.05, 4.69) is 21.6 Å². The Hall–Kier alpha value is -4.21. The summed E-state index contributed by atoms with van der Waals surface area (Å²) in [6.45, 7) is 0. The van der Waals surface area contributed by atoms with Crippen LogP contribution < -0.4 is 20.7 Å². The standard InChI is InChI=1S/C27H23FN6O3S2/c1-37-18-11-9-17(10-12-18)31-22(36)14-38-27-33-32-26(39-27)34-20-3-2-4-21(35)24(20)23(19(13-29)25(34)30)15-5-7-16(28)8-6-15/h5-12,23H,2-4,14,30H2,1H3,(H,31,36). The summed E-state index contributed by atoms with van der Waals surface area (Å²) < 4.78 is 19.3. The Morgan fingerprint density at radius 3 is 2.67 bits per heavy atom. The van der Waals surface area contributed by atoms with Crippen LogP contribution in [-0.4, -0.2) is 34.8 Å². The van der Waals surface area contributed by atoms with Crippen molar-refractivity contribution in [3.05, 3.63) is 82.6 Å². The molecule has 2 aromatic carbocycles. The molecule has 1 aliphatic carbocycles. The number of halogens is 1. The first kappa shape index (κ1) is 26.4. The number of amides is 1. The van der Waals surface area contributed by atoms with Gasteiger partial charge in [0.25, 0.3) is 0 Å². The van der Waals surface area contributed by atoms with Crippen molar-refractivity contribution in [1.82, 2.24) is 10.2 Å². The SMILES string of the molecule is COc1ccc(NC(=O)CSc2nnc(N3C(N)=C(C#N)C(c4ccc(F)cc4)C4=C3CCCC4=O)s2)cc1. The lowest BCUT2D eigenvalue weighted by molar-refractivity contribution is -0.116. The van der Waals surface area contributed by atoms with Gasteiger partial charge in [-0.3, -0.25) is 14.5 Å². The van der Waals surface area contributed by atoms with Gasteiger partial charge < -0.3 is 15.8 Å². The Kier molecular flexibility index (Phi) is 7.63. The molecule has 5 rings (SSSR count). The maximum atomic E-state index is 13.6. The highest BCUT2D eigenvalue weighted by molar-refractivity contribution is 8.01. The normalized spacial score (nSPS) is 17.1. The van der Waals surface area contributed by atoms with E-state index in [9.17, 15) is 19.2 Å². The summed E-state index contributed by atoms with van der Waals surface area (Å²) in [6, 6.07) is 14.9. The Labute approximate surface area is 232 Å². The summed E-state index contributed by atoms with van der Waals surface area (Å²) in [5, 5.41) is 21.8. The number of nitrogens with zero attached hydrogens (tertiary/aromatic N) is 4. The number of methoxy groups -OCH3 is 1. The molecule has 0 radical (unpaired) electrons. The predicted molar refractivity (Wildman–Crippen MR) is 147 cm³/mol. The maximum Gasteiger partial charge on any atom is 0.234 e. The van der Waals surface area contributed by atoms with Crippen LogP contribution in [0.3, 0.4) is 0 Å². The molecule has 1 aliphatic heterocycles. The molecular weight excluding hydrogens is 539 g/mol. The molecule has 1 aromatic heterocycles. The van der Waals surface area contributed by atoms with Crippen LogP contribution in [0.5, 0.6) is 5.75 Å². The second-order valence-electron chi connectivity index (χ2n) is 8.78. The van der Waals surface area contributed by atoms with E-state index in [0.717, 1.165) is 0 Å². The van der Waals surface area contributed by atoms with Crippen molar-refractivity contribution in [2.75, 3.05) is 23.1 Å². The number of thioether (sulfide) groups is 1. The van der Waals surface area contributed by atoms with Crippen molar-refractivity contribution in [1.29, 1.82) is 5.26 Å². The van der Waals surface area contributed by atoms with Crippen LogP contribution in [-0.2, 0) is 9.59 Å². The van der Waals surface area contributed by atoms with E-state index in [4.69, 9.17) is 10.5 Å². The highest BCUT2D eigenvalue weighted by atomic mass is 32.2. The molecule has 1 unspecified atom stereocenters. The number of ketones is 1. The summed E-state index contributed by atoms with van der Waals surface area (Å²) in [6.07, 6.45) is 1.54. The molecule has 1 amide bonds. The number of nitrogens with two attached hydrogens (primary N) is 1. The number of ether oxygens (including phenoxy) is 1. The highest BCUT2D eigenvalue weighted by Gasteiger charge is 2.41. The number of carbonyl (C=O) groups excluding carboxylic acids is 2. The quantitative estimate of drug-likeness (QED) is 0.392. The number of hydrogen-bond acceptors (Lipinski definition) is 10. The van der Waals surface area contributed by atoms with Gasteiger partial charge in [0, 0.05) is 23.4 Å². The summed E-state index contributed by atoms with van der Waals surface area (Å²) in [7, 11) is 1.57. The third-order valence-corrected chi connectivity index (χ3v) is 8.45. The zero-order chi connectivity index (χ0) is 27.5. The van der Waals surface area contributed by atoms with Crippen LogP contribution in [0.2, 0.25) is 0 Å². The third-order valence-electron chi connectivity index (χ3n) is 6.40. The summed E-state index contributed by atoms with van der Waals surface area (Å²) in [5.74, 6) is -0.428. The van der Waals surface area contributed by atoms with Gasteiger partial charge in [0.2, 0.25) is 11.0 Å². The minimum atomic E-state index is -0.682. The molecule has 0 spiro atoms. The number of nitrogens with one attached hydrogen (secondary N) is 1. The molecule has 12 heteroatoms. The number of hydrogen-bond donors (Lipinski definition) is 2. The molecule has 1 atom stereocenters. The number of rotatable bonds is 7. The predicted octanol–water partition coefficient (Wildman–Crippen LogP) is 4.72. The minimum absolute atomic E-state index is 0.0786. The largest absolute Gasteiger partial charge is 0.497 e. The zero-order valence-electron chi connectivity index (χ0n) is 20.8. The lowest BCUT2D eigenvalue weighted by Gasteiger charge is -2.38. The third kappa shape index (κ3) is 5.36. The van der Waals surface area contributed by atoms with Crippen molar-refractivity contribution in [3.63, 3.8) is 0 Å².